The maximum atomic E-state index is 13.4. The Morgan fingerprint density at radius 1 is 1.35 bits per heavy atom. The molecular formula is C19H22F2N4O. The number of aromatic nitrogens is 2. The number of anilines is 1. The monoisotopic (exact) mass is 360 g/mol. The molecule has 0 unspecified atom stereocenters. The van der Waals surface area contributed by atoms with Crippen molar-refractivity contribution in [3.05, 3.63) is 48.7 Å². The van der Waals surface area contributed by atoms with Crippen LogP contribution in [0.4, 0.5) is 14.5 Å². The Bertz CT molecular complexity index is 806. The van der Waals surface area contributed by atoms with Gasteiger partial charge in [-0.2, -0.15) is 5.10 Å². The summed E-state index contributed by atoms with van der Waals surface area (Å²) in [5.74, 6) is -2.82. The van der Waals surface area contributed by atoms with Crippen LogP contribution in [0.2, 0.25) is 0 Å². The van der Waals surface area contributed by atoms with E-state index in [0.717, 1.165) is 22.5 Å². The summed E-state index contributed by atoms with van der Waals surface area (Å²) < 4.78 is 28.6. The van der Waals surface area contributed by atoms with Crippen molar-refractivity contribution in [1.29, 1.82) is 0 Å². The van der Waals surface area contributed by atoms with Crippen LogP contribution in [0.5, 0.6) is 0 Å². The maximum absolute atomic E-state index is 13.4. The zero-order valence-corrected chi connectivity index (χ0v) is 14.7. The van der Waals surface area contributed by atoms with Gasteiger partial charge in [0.25, 0.3) is 5.92 Å². The minimum atomic E-state index is -2.57. The van der Waals surface area contributed by atoms with E-state index in [1.165, 1.54) is 6.08 Å². The number of hydrogen-bond donors (Lipinski definition) is 1. The second-order valence-corrected chi connectivity index (χ2v) is 6.48. The Labute approximate surface area is 151 Å². The number of nitrogens with zero attached hydrogens (tertiary/aromatic N) is 3. The lowest BCUT2D eigenvalue weighted by molar-refractivity contribution is -0.116. The van der Waals surface area contributed by atoms with Gasteiger partial charge >= 0.3 is 0 Å². The number of nitrogens with one attached hydrogen (secondary N) is 1. The molecule has 1 saturated heterocycles. The average Bonchev–Trinajstić information content (AvgIpc) is 3.06. The number of halogens is 2. The van der Waals surface area contributed by atoms with E-state index in [0.29, 0.717) is 19.6 Å². The Balaban J connectivity index is 1.89. The average molecular weight is 360 g/mol. The highest BCUT2D eigenvalue weighted by Gasteiger charge is 2.34. The number of rotatable bonds is 5. The maximum Gasteiger partial charge on any atom is 0.251 e. The van der Waals surface area contributed by atoms with Crippen molar-refractivity contribution in [2.24, 2.45) is 7.05 Å². The van der Waals surface area contributed by atoms with E-state index in [1.807, 2.05) is 42.4 Å². The molecule has 1 aliphatic heterocycles. The third-order valence-corrected chi connectivity index (χ3v) is 4.58. The first-order chi connectivity index (χ1) is 12.4. The van der Waals surface area contributed by atoms with Gasteiger partial charge in [-0.05, 0) is 29.8 Å². The summed E-state index contributed by atoms with van der Waals surface area (Å²) >= 11 is 0. The van der Waals surface area contributed by atoms with E-state index in [2.05, 4.69) is 17.0 Å². The normalized spacial score (nSPS) is 16.3. The molecule has 1 fully saturated rings. The highest BCUT2D eigenvalue weighted by atomic mass is 19.3. The fraction of sp³-hybridized carbons (Fsp3) is 0.368. The van der Waals surface area contributed by atoms with Crippen LogP contribution in [0.15, 0.2) is 43.1 Å². The van der Waals surface area contributed by atoms with E-state index in [1.54, 1.807) is 4.68 Å². The minimum Gasteiger partial charge on any atom is -0.371 e. The van der Waals surface area contributed by atoms with Crippen LogP contribution in [-0.2, 0) is 18.4 Å². The van der Waals surface area contributed by atoms with Crippen LogP contribution >= 0.6 is 0 Å². The third-order valence-electron chi connectivity index (χ3n) is 4.58. The topological polar surface area (TPSA) is 50.2 Å². The summed E-state index contributed by atoms with van der Waals surface area (Å²) in [6.45, 7) is 4.43. The van der Waals surface area contributed by atoms with Gasteiger partial charge in [0, 0.05) is 57.0 Å². The smallest absolute Gasteiger partial charge is 0.251 e. The van der Waals surface area contributed by atoms with E-state index < -0.39 is 5.92 Å². The first kappa shape index (κ1) is 18.1. The van der Waals surface area contributed by atoms with Gasteiger partial charge in [0.15, 0.2) is 0 Å². The molecule has 0 atom stereocenters. The van der Waals surface area contributed by atoms with E-state index >= 15 is 0 Å². The second-order valence-electron chi connectivity index (χ2n) is 6.48. The molecule has 0 saturated carbocycles. The number of alkyl halides is 2. The molecule has 2 aromatic rings. The molecule has 5 nitrogen and oxygen atoms in total. The number of benzene rings is 1. The largest absolute Gasteiger partial charge is 0.371 e. The lowest BCUT2D eigenvalue weighted by Gasteiger charge is -2.33. The molecule has 7 heteroatoms. The highest BCUT2D eigenvalue weighted by molar-refractivity contribution is 5.87. The molecule has 1 aromatic heterocycles. The molecule has 138 valence electrons. The van der Waals surface area contributed by atoms with Gasteiger partial charge in [0.05, 0.1) is 5.69 Å². The lowest BCUT2D eigenvalue weighted by Crippen LogP contribution is -2.39. The van der Waals surface area contributed by atoms with E-state index in [-0.39, 0.29) is 18.7 Å². The molecule has 0 aliphatic carbocycles. The predicted octanol–water partition coefficient (Wildman–Crippen LogP) is 3.12. The zero-order chi connectivity index (χ0) is 18.7. The van der Waals surface area contributed by atoms with Crippen LogP contribution < -0.4 is 10.2 Å². The van der Waals surface area contributed by atoms with Crippen molar-refractivity contribution < 1.29 is 13.6 Å². The number of piperidine rings is 1. The van der Waals surface area contributed by atoms with Crippen molar-refractivity contribution in [3.8, 4) is 11.3 Å². The molecule has 1 aromatic carbocycles. The van der Waals surface area contributed by atoms with Gasteiger partial charge in [0.1, 0.15) is 0 Å². The van der Waals surface area contributed by atoms with Crippen molar-refractivity contribution in [2.45, 2.75) is 25.3 Å². The van der Waals surface area contributed by atoms with Crippen LogP contribution in [0.25, 0.3) is 11.3 Å². The van der Waals surface area contributed by atoms with E-state index in [4.69, 9.17) is 0 Å². The molecule has 1 N–H and O–H groups in total. The molecule has 1 amide bonds. The van der Waals surface area contributed by atoms with Gasteiger partial charge in [0.2, 0.25) is 5.91 Å². The predicted molar refractivity (Wildman–Crippen MR) is 97.1 cm³/mol. The summed E-state index contributed by atoms with van der Waals surface area (Å²) in [5, 5.41) is 7.21. The van der Waals surface area contributed by atoms with Gasteiger partial charge in [-0.3, -0.25) is 9.48 Å². The number of carbonyl (C=O) groups is 1. The molecule has 3 rings (SSSR count). The Hall–Kier alpha value is -2.70. The Morgan fingerprint density at radius 2 is 2.08 bits per heavy atom. The summed E-state index contributed by atoms with van der Waals surface area (Å²) in [4.78, 5) is 13.5. The number of amides is 1. The van der Waals surface area contributed by atoms with Gasteiger partial charge in [-0.1, -0.05) is 12.6 Å². The molecule has 0 bridgehead atoms. The fourth-order valence-electron chi connectivity index (χ4n) is 3.06. The van der Waals surface area contributed by atoms with Crippen LogP contribution in [-0.4, -0.2) is 34.7 Å². The van der Waals surface area contributed by atoms with E-state index in [9.17, 15) is 13.6 Å². The number of hydrogen-bond acceptors (Lipinski definition) is 3. The Morgan fingerprint density at radius 3 is 2.69 bits per heavy atom. The molecule has 2 heterocycles. The number of carbonyl (C=O) groups excluding carboxylic acids is 1. The highest BCUT2D eigenvalue weighted by Crippen LogP contribution is 2.33. The summed E-state index contributed by atoms with van der Waals surface area (Å²) in [6, 6.07) is 7.67. The molecule has 1 aliphatic rings. The lowest BCUT2D eigenvalue weighted by atomic mass is 10.0. The molecular weight excluding hydrogens is 338 g/mol. The van der Waals surface area contributed by atoms with Crippen molar-refractivity contribution in [3.63, 3.8) is 0 Å². The molecule has 0 spiro atoms. The van der Waals surface area contributed by atoms with Gasteiger partial charge in [-0.25, -0.2) is 8.78 Å². The SMILES string of the molecule is C=CC(=O)NCc1ccc(N2CCC(F)(F)CC2)cc1-c1ccn(C)n1. The van der Waals surface area contributed by atoms with Crippen LogP contribution in [0, 0.1) is 0 Å². The molecule has 0 radical (unpaired) electrons. The zero-order valence-electron chi connectivity index (χ0n) is 14.7. The van der Waals surface area contributed by atoms with Crippen LogP contribution in [0.3, 0.4) is 0 Å². The second kappa shape index (κ2) is 7.27. The van der Waals surface area contributed by atoms with Gasteiger partial charge < -0.3 is 10.2 Å². The first-order valence-corrected chi connectivity index (χ1v) is 8.54. The number of aryl methyl sites for hydroxylation is 1. The quantitative estimate of drug-likeness (QED) is 0.834. The minimum absolute atomic E-state index is 0.136. The van der Waals surface area contributed by atoms with Gasteiger partial charge in [-0.15, -0.1) is 0 Å². The third kappa shape index (κ3) is 4.09. The molecule has 26 heavy (non-hydrogen) atoms. The summed E-state index contributed by atoms with van der Waals surface area (Å²) in [5.41, 5.74) is 3.45. The van der Waals surface area contributed by atoms with Crippen LogP contribution in [0.1, 0.15) is 18.4 Å². The van der Waals surface area contributed by atoms with Crippen molar-refractivity contribution >= 4 is 11.6 Å². The summed E-state index contributed by atoms with van der Waals surface area (Å²) in [6.07, 6.45) is 2.80. The van der Waals surface area contributed by atoms with Crippen molar-refractivity contribution in [2.75, 3.05) is 18.0 Å². The fourth-order valence-corrected chi connectivity index (χ4v) is 3.06. The standard InChI is InChI=1S/C19H22F2N4O/c1-3-18(26)22-13-14-4-5-15(25-10-7-19(20,21)8-11-25)12-16(14)17-6-9-24(2)23-17/h3-6,9,12H,1,7-8,10-11,13H2,2H3,(H,22,26). The first-order valence-electron chi connectivity index (χ1n) is 8.54. The van der Waals surface area contributed by atoms with Crippen molar-refractivity contribution in [1.82, 2.24) is 15.1 Å². The summed E-state index contributed by atoms with van der Waals surface area (Å²) in [7, 11) is 1.83. The Kier molecular flexibility index (Phi) is 5.06.